The van der Waals surface area contributed by atoms with Crippen LogP contribution in [0.15, 0.2) is 18.2 Å². The van der Waals surface area contributed by atoms with Crippen LogP contribution in [-0.2, 0) is 6.54 Å². The quantitative estimate of drug-likeness (QED) is 0.765. The van der Waals surface area contributed by atoms with Crippen LogP contribution in [0.3, 0.4) is 0 Å². The summed E-state index contributed by atoms with van der Waals surface area (Å²) in [7, 11) is 0. The molecule has 0 radical (unpaired) electrons. The van der Waals surface area contributed by atoms with Gasteiger partial charge in [0.25, 0.3) is 0 Å². The number of anilines is 1. The Bertz CT molecular complexity index is 388. The first-order chi connectivity index (χ1) is 8.43. The van der Waals surface area contributed by atoms with Gasteiger partial charge in [-0.3, -0.25) is 0 Å². The molecule has 0 bridgehead atoms. The van der Waals surface area contributed by atoms with Crippen LogP contribution in [0.5, 0.6) is 5.75 Å². The molecular weight excluding hydrogens is 212 g/mol. The van der Waals surface area contributed by atoms with E-state index in [9.17, 15) is 0 Å². The zero-order valence-corrected chi connectivity index (χ0v) is 10.2. The van der Waals surface area contributed by atoms with Gasteiger partial charge in [0, 0.05) is 18.7 Å². The molecule has 1 aliphatic heterocycles. The van der Waals surface area contributed by atoms with Gasteiger partial charge < -0.3 is 15.4 Å². The normalized spacial score (nSPS) is 18.1. The van der Waals surface area contributed by atoms with Gasteiger partial charge in [0.15, 0.2) is 0 Å². The number of nitrogens with one attached hydrogen (secondary N) is 2. The third kappa shape index (κ3) is 2.72. The van der Waals surface area contributed by atoms with E-state index in [2.05, 4.69) is 28.8 Å². The molecule has 0 unspecified atom stereocenters. The highest BCUT2D eigenvalue weighted by Crippen LogP contribution is 2.32. The SMILES string of the molecule is c1cc(CNCCC2CC2)c2c(c1)NCCO2. The van der Waals surface area contributed by atoms with Crippen LogP contribution in [0.1, 0.15) is 24.8 Å². The molecular formula is C14H20N2O. The average molecular weight is 232 g/mol. The van der Waals surface area contributed by atoms with Crippen molar-refractivity contribution in [2.24, 2.45) is 5.92 Å². The minimum atomic E-state index is 0.770. The Morgan fingerprint density at radius 2 is 2.29 bits per heavy atom. The average Bonchev–Trinajstić information content (AvgIpc) is 3.19. The topological polar surface area (TPSA) is 33.3 Å². The van der Waals surface area contributed by atoms with E-state index >= 15 is 0 Å². The van der Waals surface area contributed by atoms with Gasteiger partial charge in [0.2, 0.25) is 0 Å². The number of rotatable bonds is 5. The van der Waals surface area contributed by atoms with Crippen LogP contribution in [0.4, 0.5) is 5.69 Å². The van der Waals surface area contributed by atoms with Gasteiger partial charge >= 0.3 is 0 Å². The molecule has 0 aromatic heterocycles. The van der Waals surface area contributed by atoms with Crippen LogP contribution < -0.4 is 15.4 Å². The van der Waals surface area contributed by atoms with Gasteiger partial charge in [-0.2, -0.15) is 0 Å². The van der Waals surface area contributed by atoms with E-state index in [-0.39, 0.29) is 0 Å². The molecule has 17 heavy (non-hydrogen) atoms. The number of ether oxygens (including phenoxy) is 1. The summed E-state index contributed by atoms with van der Waals surface area (Å²) in [5.74, 6) is 2.04. The predicted octanol–water partition coefficient (Wildman–Crippen LogP) is 2.38. The zero-order valence-electron chi connectivity index (χ0n) is 10.2. The maximum Gasteiger partial charge on any atom is 0.146 e. The number of hydrogen-bond acceptors (Lipinski definition) is 3. The minimum Gasteiger partial charge on any atom is -0.489 e. The summed E-state index contributed by atoms with van der Waals surface area (Å²) in [5.41, 5.74) is 2.41. The molecule has 2 N–H and O–H groups in total. The van der Waals surface area contributed by atoms with Crippen LogP contribution in [0, 0.1) is 5.92 Å². The highest BCUT2D eigenvalue weighted by atomic mass is 16.5. The van der Waals surface area contributed by atoms with Crippen LogP contribution in [0.25, 0.3) is 0 Å². The van der Waals surface area contributed by atoms with Crippen molar-refractivity contribution in [1.82, 2.24) is 5.32 Å². The molecule has 1 heterocycles. The molecule has 0 saturated heterocycles. The standard InChI is InChI=1S/C14H20N2O/c1-2-12(10-15-7-6-11-4-5-11)14-13(3-1)16-8-9-17-14/h1-3,11,15-16H,4-10H2. The van der Waals surface area contributed by atoms with Gasteiger partial charge in [-0.15, -0.1) is 0 Å². The zero-order chi connectivity index (χ0) is 11.5. The van der Waals surface area contributed by atoms with E-state index in [4.69, 9.17) is 4.74 Å². The largest absolute Gasteiger partial charge is 0.489 e. The Hall–Kier alpha value is -1.22. The van der Waals surface area contributed by atoms with Gasteiger partial charge in [0.1, 0.15) is 12.4 Å². The number of hydrogen-bond donors (Lipinski definition) is 2. The third-order valence-corrected chi connectivity index (χ3v) is 3.50. The van der Waals surface area contributed by atoms with Crippen molar-refractivity contribution >= 4 is 5.69 Å². The lowest BCUT2D eigenvalue weighted by Gasteiger charge is -2.21. The Balaban J connectivity index is 1.57. The maximum atomic E-state index is 5.74. The summed E-state index contributed by atoms with van der Waals surface area (Å²) in [5, 5.41) is 6.88. The van der Waals surface area contributed by atoms with Crippen molar-refractivity contribution in [3.8, 4) is 5.75 Å². The fraction of sp³-hybridized carbons (Fsp3) is 0.571. The second kappa shape index (κ2) is 4.96. The Morgan fingerprint density at radius 3 is 3.18 bits per heavy atom. The van der Waals surface area contributed by atoms with Crippen molar-refractivity contribution in [1.29, 1.82) is 0 Å². The Labute approximate surface area is 103 Å². The fourth-order valence-corrected chi connectivity index (χ4v) is 2.31. The van der Waals surface area contributed by atoms with Crippen molar-refractivity contribution in [2.75, 3.05) is 25.0 Å². The van der Waals surface area contributed by atoms with Gasteiger partial charge in [-0.05, 0) is 24.9 Å². The molecule has 1 aliphatic carbocycles. The van der Waals surface area contributed by atoms with E-state index in [1.165, 1.54) is 24.8 Å². The first kappa shape index (κ1) is 10.9. The van der Waals surface area contributed by atoms with Crippen molar-refractivity contribution in [3.63, 3.8) is 0 Å². The van der Waals surface area contributed by atoms with Crippen LogP contribution in [-0.4, -0.2) is 19.7 Å². The molecule has 3 nitrogen and oxygen atoms in total. The summed E-state index contributed by atoms with van der Waals surface area (Å²) in [4.78, 5) is 0. The van der Waals surface area contributed by atoms with Gasteiger partial charge in [0.05, 0.1) is 5.69 Å². The minimum absolute atomic E-state index is 0.770. The number of para-hydroxylation sites is 1. The van der Waals surface area contributed by atoms with Gasteiger partial charge in [-0.25, -0.2) is 0 Å². The molecule has 3 rings (SSSR count). The molecule has 92 valence electrons. The highest BCUT2D eigenvalue weighted by molar-refractivity contribution is 5.61. The summed E-state index contributed by atoms with van der Waals surface area (Å²) in [6, 6.07) is 6.33. The van der Waals surface area contributed by atoms with E-state index in [1.807, 2.05) is 0 Å². The molecule has 1 fully saturated rings. The van der Waals surface area contributed by atoms with E-state index in [1.54, 1.807) is 0 Å². The van der Waals surface area contributed by atoms with Crippen molar-refractivity contribution in [3.05, 3.63) is 23.8 Å². The molecule has 0 atom stereocenters. The number of benzene rings is 1. The molecule has 0 spiro atoms. The second-order valence-electron chi connectivity index (χ2n) is 4.98. The smallest absolute Gasteiger partial charge is 0.146 e. The molecule has 3 heteroatoms. The van der Waals surface area contributed by atoms with Crippen LogP contribution >= 0.6 is 0 Å². The van der Waals surface area contributed by atoms with Crippen molar-refractivity contribution < 1.29 is 4.74 Å². The summed E-state index contributed by atoms with van der Waals surface area (Å²) in [6.07, 6.45) is 4.21. The Kier molecular flexibility index (Phi) is 3.18. The second-order valence-corrected chi connectivity index (χ2v) is 4.98. The molecule has 1 saturated carbocycles. The Morgan fingerprint density at radius 1 is 1.35 bits per heavy atom. The summed E-state index contributed by atoms with van der Waals surface area (Å²) >= 11 is 0. The van der Waals surface area contributed by atoms with Crippen molar-refractivity contribution in [2.45, 2.75) is 25.8 Å². The molecule has 2 aliphatic rings. The molecule has 0 amide bonds. The molecule has 1 aromatic carbocycles. The monoisotopic (exact) mass is 232 g/mol. The van der Waals surface area contributed by atoms with E-state index in [0.29, 0.717) is 0 Å². The van der Waals surface area contributed by atoms with E-state index in [0.717, 1.165) is 43.6 Å². The fourth-order valence-electron chi connectivity index (χ4n) is 2.31. The lowest BCUT2D eigenvalue weighted by molar-refractivity contribution is 0.319. The predicted molar refractivity (Wildman–Crippen MR) is 69.5 cm³/mol. The van der Waals surface area contributed by atoms with Crippen LogP contribution in [0.2, 0.25) is 0 Å². The number of fused-ring (bicyclic) bond motifs is 1. The molecule has 1 aromatic rings. The summed E-state index contributed by atoms with van der Waals surface area (Å²) in [6.45, 7) is 3.72. The summed E-state index contributed by atoms with van der Waals surface area (Å²) < 4.78 is 5.74. The third-order valence-electron chi connectivity index (χ3n) is 3.50. The maximum absolute atomic E-state index is 5.74. The lowest BCUT2D eigenvalue weighted by atomic mass is 10.1. The highest BCUT2D eigenvalue weighted by Gasteiger charge is 2.20. The lowest BCUT2D eigenvalue weighted by Crippen LogP contribution is -2.21. The first-order valence-corrected chi connectivity index (χ1v) is 6.63. The first-order valence-electron chi connectivity index (χ1n) is 6.63. The van der Waals surface area contributed by atoms with Gasteiger partial charge in [-0.1, -0.05) is 25.0 Å². The van der Waals surface area contributed by atoms with E-state index < -0.39 is 0 Å².